The fourth-order valence-electron chi connectivity index (χ4n) is 4.51. The number of hydrogen-bond donors (Lipinski definition) is 11. The predicted molar refractivity (Wildman–Crippen MR) is 175 cm³/mol. The minimum absolute atomic E-state index is 0.563. The third-order valence-corrected chi connectivity index (χ3v) is 7.28. The molecule has 0 fully saturated rings. The van der Waals surface area contributed by atoms with Crippen molar-refractivity contribution >= 4 is 29.8 Å². The van der Waals surface area contributed by atoms with Crippen LogP contribution in [0.3, 0.4) is 0 Å². The summed E-state index contributed by atoms with van der Waals surface area (Å²) in [6, 6.07) is 6.28. The fourth-order valence-corrected chi connectivity index (χ4v) is 4.51. The van der Waals surface area contributed by atoms with E-state index in [2.05, 4.69) is 0 Å². The Morgan fingerprint density at radius 3 is 0.750 bits per heavy atom. The topological polar surface area (TPSA) is 365 Å². The first kappa shape index (κ1) is 38.5. The lowest BCUT2D eigenvalue weighted by Crippen LogP contribution is -2.13. The highest BCUT2D eigenvalue weighted by atomic mass is 16.6. The quantitative estimate of drug-likeness (QED) is 0.0582. The Labute approximate surface area is 308 Å². The number of phenolic OH excluding ortho intramolecular Hbond substituents is 11. The molecular weight excluding hydrogens is 756 g/mol. The molecule has 0 atom stereocenters. The number of aromatic hydroxyl groups is 11. The van der Waals surface area contributed by atoms with Crippen LogP contribution < -0.4 is 18.9 Å². The van der Waals surface area contributed by atoms with Gasteiger partial charge in [0.05, 0.1) is 27.8 Å². The van der Waals surface area contributed by atoms with E-state index in [4.69, 9.17) is 18.9 Å². The molecule has 0 aliphatic carbocycles. The molecule has 0 aliphatic heterocycles. The van der Waals surface area contributed by atoms with Crippen molar-refractivity contribution in [2.75, 3.05) is 0 Å². The van der Waals surface area contributed by atoms with Crippen LogP contribution in [0.2, 0.25) is 0 Å². The zero-order valence-corrected chi connectivity index (χ0v) is 27.3. The van der Waals surface area contributed by atoms with Gasteiger partial charge in [-0.1, -0.05) is 0 Å². The second kappa shape index (κ2) is 14.7. The average Bonchev–Trinajstić information content (AvgIpc) is 3.13. The smallest absolute Gasteiger partial charge is 0.386 e. The summed E-state index contributed by atoms with van der Waals surface area (Å²) in [5.74, 6) is -22.8. The van der Waals surface area contributed by atoms with Gasteiger partial charge in [-0.3, -0.25) is 0 Å². The van der Waals surface area contributed by atoms with Crippen molar-refractivity contribution in [1.82, 2.24) is 0 Å². The normalized spacial score (nSPS) is 10.6. The van der Waals surface area contributed by atoms with E-state index >= 15 is 0 Å². The molecule has 1 radical (unpaired) electrons. The molecular formula is C35H21O21. The number of esters is 4. The van der Waals surface area contributed by atoms with Crippen molar-refractivity contribution in [3.8, 4) is 86.2 Å². The van der Waals surface area contributed by atoms with Crippen molar-refractivity contribution in [3.05, 3.63) is 88.5 Å². The van der Waals surface area contributed by atoms with E-state index in [0.717, 1.165) is 0 Å². The summed E-state index contributed by atoms with van der Waals surface area (Å²) >= 11 is 0. The molecule has 0 unspecified atom stereocenters. The molecule has 0 heterocycles. The Bertz CT molecular complexity index is 2480. The standard InChI is InChI=1S/C35H21O21/c36-16-2-12(3-17(37)26(16)42)32(49)54-23-8-14(5-19(39)28(23)44)34(51)56-25-10-15(6-21(41)30(25)46)35(52)55-24-9-13(4-20(40)29(24)45)33(50)53-22-7-11(31(47)48)1-18(38)27(22)43/h1-10,36-46H. The van der Waals surface area contributed by atoms with Crippen LogP contribution in [0.15, 0.2) is 60.7 Å². The van der Waals surface area contributed by atoms with Gasteiger partial charge in [-0.25, -0.2) is 29.1 Å². The first-order chi connectivity index (χ1) is 26.2. The Kier molecular flexibility index (Phi) is 10.1. The van der Waals surface area contributed by atoms with Gasteiger partial charge in [0, 0.05) is 0 Å². The maximum absolute atomic E-state index is 13.1. The highest BCUT2D eigenvalue weighted by Gasteiger charge is 2.26. The molecule has 0 aliphatic rings. The van der Waals surface area contributed by atoms with Gasteiger partial charge in [0.15, 0.2) is 63.2 Å². The summed E-state index contributed by atoms with van der Waals surface area (Å²) in [7, 11) is 0. The summed E-state index contributed by atoms with van der Waals surface area (Å²) in [4.78, 5) is 62.6. The van der Waals surface area contributed by atoms with Crippen LogP contribution in [-0.4, -0.2) is 86.0 Å². The highest BCUT2D eigenvalue weighted by Crippen LogP contribution is 2.43. The SMILES string of the molecule is [O]C(=O)c1cc(O)c(O)c(OC(=O)c2cc(O)c(O)c(OC(=O)c3cc(O)c(O)c(OC(=O)c4cc(O)c(O)c(OC(=O)c5cc(O)c(O)c(O)c5)c4)c3)c2)c1. The minimum Gasteiger partial charge on any atom is -0.504 e. The van der Waals surface area contributed by atoms with E-state index in [1.54, 1.807) is 0 Å². The number of hydrogen-bond acceptors (Lipinski definition) is 20. The first-order valence-electron chi connectivity index (χ1n) is 14.8. The molecule has 5 aromatic rings. The third-order valence-electron chi connectivity index (χ3n) is 7.28. The molecule has 0 bridgehead atoms. The zero-order valence-electron chi connectivity index (χ0n) is 27.3. The summed E-state index contributed by atoms with van der Waals surface area (Å²) < 4.78 is 19.8. The van der Waals surface area contributed by atoms with Crippen LogP contribution in [0.4, 0.5) is 0 Å². The molecule has 0 aromatic heterocycles. The number of carbonyl (C=O) groups is 5. The molecule has 56 heavy (non-hydrogen) atoms. The monoisotopic (exact) mass is 777 g/mol. The maximum Gasteiger partial charge on any atom is 0.386 e. The molecule has 0 spiro atoms. The number of carbonyl (C=O) groups excluding carboxylic acids is 5. The number of benzene rings is 5. The van der Waals surface area contributed by atoms with E-state index in [0.29, 0.717) is 60.7 Å². The Morgan fingerprint density at radius 1 is 0.304 bits per heavy atom. The van der Waals surface area contributed by atoms with Gasteiger partial charge in [-0.15, -0.1) is 0 Å². The minimum atomic E-state index is -1.82. The molecule has 0 saturated carbocycles. The van der Waals surface area contributed by atoms with E-state index in [-0.39, 0.29) is 0 Å². The molecule has 287 valence electrons. The van der Waals surface area contributed by atoms with E-state index in [1.165, 1.54) is 0 Å². The average molecular weight is 778 g/mol. The lowest BCUT2D eigenvalue weighted by Gasteiger charge is -2.13. The zero-order chi connectivity index (χ0) is 41.3. The molecule has 0 amide bonds. The van der Waals surface area contributed by atoms with Crippen molar-refractivity contribution in [2.45, 2.75) is 0 Å². The van der Waals surface area contributed by atoms with Gasteiger partial charge in [0.2, 0.25) is 23.0 Å². The van der Waals surface area contributed by atoms with Crippen LogP contribution in [0.5, 0.6) is 86.2 Å². The second-order valence-corrected chi connectivity index (χ2v) is 11.1. The van der Waals surface area contributed by atoms with Crippen LogP contribution in [-0.2, 0) is 5.11 Å². The van der Waals surface area contributed by atoms with Gasteiger partial charge in [-0.05, 0) is 60.7 Å². The lowest BCUT2D eigenvalue weighted by atomic mass is 10.1. The molecule has 21 heteroatoms. The largest absolute Gasteiger partial charge is 0.504 e. The van der Waals surface area contributed by atoms with Gasteiger partial charge in [-0.2, -0.15) is 0 Å². The van der Waals surface area contributed by atoms with E-state index in [1.807, 2.05) is 0 Å². The second-order valence-electron chi connectivity index (χ2n) is 11.1. The van der Waals surface area contributed by atoms with Crippen molar-refractivity contribution in [2.24, 2.45) is 0 Å². The van der Waals surface area contributed by atoms with Crippen molar-refractivity contribution < 1.29 is 104 Å². The third kappa shape index (κ3) is 7.70. The first-order valence-corrected chi connectivity index (χ1v) is 14.8. The molecule has 21 nitrogen and oxygen atoms in total. The van der Waals surface area contributed by atoms with Crippen LogP contribution in [0.25, 0.3) is 0 Å². The predicted octanol–water partition coefficient (Wildman–Crippen LogP) is 2.90. The maximum atomic E-state index is 13.1. The van der Waals surface area contributed by atoms with Gasteiger partial charge in [0.1, 0.15) is 0 Å². The van der Waals surface area contributed by atoms with Crippen LogP contribution >= 0.6 is 0 Å². The Hall–Kier alpha value is -8.75. The number of rotatable bonds is 9. The van der Waals surface area contributed by atoms with E-state index in [9.17, 15) is 85.3 Å². The molecule has 5 rings (SSSR count). The van der Waals surface area contributed by atoms with Crippen molar-refractivity contribution in [3.63, 3.8) is 0 Å². The Morgan fingerprint density at radius 2 is 0.500 bits per heavy atom. The highest BCUT2D eigenvalue weighted by molar-refractivity contribution is 5.98. The van der Waals surface area contributed by atoms with Gasteiger partial charge in [0.25, 0.3) is 0 Å². The molecule has 0 saturated heterocycles. The van der Waals surface area contributed by atoms with E-state index < -0.39 is 144 Å². The van der Waals surface area contributed by atoms with Crippen molar-refractivity contribution in [1.29, 1.82) is 0 Å². The Balaban J connectivity index is 1.37. The number of phenols is 11. The van der Waals surface area contributed by atoms with Gasteiger partial charge < -0.3 is 75.1 Å². The summed E-state index contributed by atoms with van der Waals surface area (Å²) in [5, 5.41) is 121. The molecule has 11 N–H and O–H groups in total. The van der Waals surface area contributed by atoms with Gasteiger partial charge >= 0.3 is 29.8 Å². The summed E-state index contributed by atoms with van der Waals surface area (Å²) in [5.41, 5.74) is -3.38. The summed E-state index contributed by atoms with van der Waals surface area (Å²) in [6.07, 6.45) is 0. The molecule has 5 aromatic carbocycles. The lowest BCUT2D eigenvalue weighted by molar-refractivity contribution is 0.0568. The number of ether oxygens (including phenoxy) is 4. The van der Waals surface area contributed by atoms with Crippen LogP contribution in [0, 0.1) is 0 Å². The fraction of sp³-hybridized carbons (Fsp3) is 0. The van der Waals surface area contributed by atoms with Crippen LogP contribution in [0.1, 0.15) is 51.8 Å². The summed E-state index contributed by atoms with van der Waals surface area (Å²) in [6.45, 7) is 0.